The molecule has 3 aromatic rings. The number of carbonyl (C=O) groups is 1. The van der Waals surface area contributed by atoms with Crippen molar-refractivity contribution in [1.29, 1.82) is 0 Å². The average molecular weight is 644 g/mol. The molecule has 0 aliphatic heterocycles. The first-order chi connectivity index (χ1) is 18.2. The van der Waals surface area contributed by atoms with Crippen LogP contribution in [0.25, 0.3) is 0 Å². The summed E-state index contributed by atoms with van der Waals surface area (Å²) in [5.41, 5.74) is -4.33. The predicted molar refractivity (Wildman–Crippen MR) is 127 cm³/mol. The summed E-state index contributed by atoms with van der Waals surface area (Å²) in [6.45, 7) is -1.12. The summed E-state index contributed by atoms with van der Waals surface area (Å²) >= 11 is 4.39. The van der Waals surface area contributed by atoms with Crippen molar-refractivity contribution in [1.82, 2.24) is 25.1 Å². The van der Waals surface area contributed by atoms with Crippen LogP contribution in [0.3, 0.4) is 0 Å². The van der Waals surface area contributed by atoms with Gasteiger partial charge in [0.2, 0.25) is 5.91 Å². The second kappa shape index (κ2) is 11.0. The Kier molecular flexibility index (Phi) is 8.26. The predicted octanol–water partition coefficient (Wildman–Crippen LogP) is 6.45. The molecule has 0 saturated heterocycles. The molecule has 1 amide bonds. The molecule has 0 unspecified atom stereocenters. The molecule has 1 aliphatic carbocycles. The molecule has 2 heterocycles. The van der Waals surface area contributed by atoms with E-state index in [2.05, 4.69) is 36.3 Å². The van der Waals surface area contributed by atoms with Gasteiger partial charge in [-0.15, -0.1) is 0 Å². The highest BCUT2D eigenvalue weighted by Crippen LogP contribution is 2.52. The van der Waals surface area contributed by atoms with E-state index < -0.39 is 78.2 Å². The summed E-state index contributed by atoms with van der Waals surface area (Å²) in [4.78, 5) is 21.4. The maximum absolute atomic E-state index is 14.7. The molecule has 0 radical (unpaired) electrons. The van der Waals surface area contributed by atoms with Crippen molar-refractivity contribution in [3.8, 4) is 0 Å². The fourth-order valence-corrected chi connectivity index (χ4v) is 5.11. The van der Waals surface area contributed by atoms with E-state index in [4.69, 9.17) is 0 Å². The number of halogens is 9. The summed E-state index contributed by atoms with van der Waals surface area (Å²) in [6, 6.07) is 1.52. The second-order valence-corrected chi connectivity index (χ2v) is 10.3. The SMILES string of the molecule is CSc1ncc(Br)c([C@H](Cc2cc(F)cc(F)c2)NC(=O)Cn2nc(C(F)F)c3c2C(F)(F)CCC3(F)F)n1. The molecule has 1 aliphatic rings. The molecule has 1 aromatic carbocycles. The van der Waals surface area contributed by atoms with Crippen LogP contribution in [-0.4, -0.2) is 31.9 Å². The molecule has 0 bridgehead atoms. The molecule has 39 heavy (non-hydrogen) atoms. The molecular formula is C23H18BrF8N5OS. The number of thioether (sulfide) groups is 1. The van der Waals surface area contributed by atoms with Crippen LogP contribution in [0.5, 0.6) is 0 Å². The highest BCUT2D eigenvalue weighted by molar-refractivity contribution is 9.10. The van der Waals surface area contributed by atoms with Gasteiger partial charge in [-0.1, -0.05) is 11.8 Å². The molecule has 4 rings (SSSR count). The van der Waals surface area contributed by atoms with Gasteiger partial charge in [-0.25, -0.2) is 36.3 Å². The van der Waals surface area contributed by atoms with E-state index in [-0.39, 0.29) is 32.0 Å². The molecule has 0 fully saturated rings. The number of nitrogens with one attached hydrogen (secondary N) is 1. The van der Waals surface area contributed by atoms with Gasteiger partial charge in [0.1, 0.15) is 29.6 Å². The van der Waals surface area contributed by atoms with E-state index in [0.717, 1.165) is 23.9 Å². The Hall–Kier alpha value is -2.75. The van der Waals surface area contributed by atoms with E-state index >= 15 is 0 Å². The number of hydrogen-bond donors (Lipinski definition) is 1. The number of alkyl halides is 6. The van der Waals surface area contributed by atoms with Gasteiger partial charge in [0.25, 0.3) is 18.3 Å². The zero-order valence-electron chi connectivity index (χ0n) is 19.8. The third-order valence-corrected chi connectivity index (χ3v) is 7.08. The van der Waals surface area contributed by atoms with E-state index in [1.165, 1.54) is 6.20 Å². The standard InChI is InChI=1S/C23H18BrF8N5OS/c1-39-21-33-8-13(24)17(35-21)14(6-10-4-11(25)7-12(26)5-10)34-15(38)9-37-19-16(18(36-37)20(27)28)22(29,30)2-3-23(19,31)32/h4-5,7-8,14,20H,2-3,6,9H2,1H3,(H,34,38)/t14-/m0/s1. The van der Waals surface area contributed by atoms with E-state index in [9.17, 15) is 39.9 Å². The first-order valence-electron chi connectivity index (χ1n) is 11.2. The zero-order chi connectivity index (χ0) is 28.7. The molecule has 1 N–H and O–H groups in total. The normalized spacial score (nSPS) is 16.7. The van der Waals surface area contributed by atoms with Gasteiger partial charge in [-0.3, -0.25) is 9.48 Å². The van der Waals surface area contributed by atoms with Crippen LogP contribution in [0.4, 0.5) is 35.1 Å². The Labute approximate surface area is 228 Å². The average Bonchev–Trinajstić information content (AvgIpc) is 3.23. The quantitative estimate of drug-likeness (QED) is 0.174. The van der Waals surface area contributed by atoms with Gasteiger partial charge in [0, 0.05) is 25.1 Å². The van der Waals surface area contributed by atoms with Gasteiger partial charge in [-0.2, -0.15) is 13.9 Å². The molecule has 1 atom stereocenters. The highest BCUT2D eigenvalue weighted by atomic mass is 79.9. The maximum Gasteiger partial charge on any atom is 0.290 e. The van der Waals surface area contributed by atoms with Crippen molar-refractivity contribution in [3.05, 3.63) is 68.7 Å². The Bertz CT molecular complexity index is 1380. The lowest BCUT2D eigenvalue weighted by Gasteiger charge is -2.29. The number of nitrogens with zero attached hydrogens (tertiary/aromatic N) is 4. The fourth-order valence-electron chi connectivity index (χ4n) is 4.30. The topological polar surface area (TPSA) is 72.7 Å². The lowest BCUT2D eigenvalue weighted by atomic mass is 9.89. The molecular weight excluding hydrogens is 626 g/mol. The Morgan fingerprint density at radius 1 is 1.10 bits per heavy atom. The van der Waals surface area contributed by atoms with Crippen LogP contribution in [0, 0.1) is 11.6 Å². The molecule has 6 nitrogen and oxygen atoms in total. The van der Waals surface area contributed by atoms with Crippen LogP contribution in [-0.2, 0) is 29.6 Å². The zero-order valence-corrected chi connectivity index (χ0v) is 22.2. The minimum absolute atomic E-state index is 0.0941. The monoisotopic (exact) mass is 643 g/mol. The van der Waals surface area contributed by atoms with Gasteiger partial charge in [0.05, 0.1) is 21.8 Å². The number of benzene rings is 1. The first kappa shape index (κ1) is 29.2. The Balaban J connectivity index is 1.71. The third-order valence-electron chi connectivity index (χ3n) is 5.90. The van der Waals surface area contributed by atoms with Gasteiger partial charge in [-0.05, 0) is 46.3 Å². The lowest BCUT2D eigenvalue weighted by Crippen LogP contribution is -2.37. The molecule has 0 saturated carbocycles. The number of amides is 1. The first-order valence-corrected chi connectivity index (χ1v) is 13.2. The van der Waals surface area contributed by atoms with Crippen LogP contribution in [0.2, 0.25) is 0 Å². The van der Waals surface area contributed by atoms with Gasteiger partial charge in [0.15, 0.2) is 5.16 Å². The summed E-state index contributed by atoms with van der Waals surface area (Å²) in [5.74, 6) is -10.8. The van der Waals surface area contributed by atoms with Crippen LogP contribution in [0.1, 0.15) is 53.5 Å². The van der Waals surface area contributed by atoms with E-state index in [0.29, 0.717) is 6.07 Å². The molecule has 0 spiro atoms. The summed E-state index contributed by atoms with van der Waals surface area (Å²) in [7, 11) is 0. The van der Waals surface area contributed by atoms with Crippen LogP contribution >= 0.6 is 27.7 Å². The molecule has 2 aromatic heterocycles. The minimum atomic E-state index is -4.00. The van der Waals surface area contributed by atoms with E-state index in [1.54, 1.807) is 6.26 Å². The van der Waals surface area contributed by atoms with Crippen LogP contribution < -0.4 is 5.32 Å². The summed E-state index contributed by atoms with van der Waals surface area (Å²) < 4.78 is 113. The summed E-state index contributed by atoms with van der Waals surface area (Å²) in [5, 5.41) is 5.99. The Morgan fingerprint density at radius 3 is 2.36 bits per heavy atom. The summed E-state index contributed by atoms with van der Waals surface area (Å²) in [6.07, 6.45) is -3.50. The van der Waals surface area contributed by atoms with Crippen molar-refractivity contribution < 1.29 is 39.9 Å². The molecule has 210 valence electrons. The number of fused-ring (bicyclic) bond motifs is 1. The van der Waals surface area contributed by atoms with Gasteiger partial charge < -0.3 is 5.32 Å². The molecule has 16 heteroatoms. The largest absolute Gasteiger partial charge is 0.346 e. The highest BCUT2D eigenvalue weighted by Gasteiger charge is 2.55. The van der Waals surface area contributed by atoms with Gasteiger partial charge >= 0.3 is 0 Å². The minimum Gasteiger partial charge on any atom is -0.346 e. The smallest absolute Gasteiger partial charge is 0.290 e. The van der Waals surface area contributed by atoms with E-state index in [1.807, 2.05) is 0 Å². The Morgan fingerprint density at radius 2 is 1.74 bits per heavy atom. The number of aromatic nitrogens is 4. The third kappa shape index (κ3) is 6.21. The van der Waals surface area contributed by atoms with Crippen molar-refractivity contribution in [2.45, 2.75) is 55.3 Å². The number of carbonyl (C=O) groups excluding carboxylic acids is 1. The van der Waals surface area contributed by atoms with Crippen molar-refractivity contribution in [3.63, 3.8) is 0 Å². The number of hydrogen-bond acceptors (Lipinski definition) is 5. The lowest BCUT2D eigenvalue weighted by molar-refractivity contribution is -0.123. The second-order valence-electron chi connectivity index (χ2n) is 8.67. The van der Waals surface area contributed by atoms with Crippen molar-refractivity contribution in [2.24, 2.45) is 0 Å². The maximum atomic E-state index is 14.7. The van der Waals surface area contributed by atoms with Crippen LogP contribution in [0.15, 0.2) is 34.0 Å². The fraction of sp³-hybridized carbons (Fsp3) is 0.391. The van der Waals surface area contributed by atoms with Crippen molar-refractivity contribution >= 4 is 33.6 Å². The van der Waals surface area contributed by atoms with Crippen molar-refractivity contribution in [2.75, 3.05) is 6.26 Å². The number of rotatable bonds is 8.